The number of nitrogens with zero attached hydrogens (tertiary/aromatic N) is 2. The fourth-order valence-electron chi connectivity index (χ4n) is 3.70. The highest BCUT2D eigenvalue weighted by atomic mass is 32.1. The molecule has 2 atom stereocenters. The first kappa shape index (κ1) is 15.3. The summed E-state index contributed by atoms with van der Waals surface area (Å²) >= 11 is 1.72. The van der Waals surface area contributed by atoms with Gasteiger partial charge < -0.3 is 9.72 Å². The molecule has 6 heteroatoms. The van der Waals surface area contributed by atoms with Crippen LogP contribution in [0.1, 0.15) is 42.6 Å². The number of thiophene rings is 1. The van der Waals surface area contributed by atoms with Gasteiger partial charge >= 0.3 is 0 Å². The average Bonchev–Trinajstić information content (AvgIpc) is 2.92. The summed E-state index contributed by atoms with van der Waals surface area (Å²) in [5, 5.41) is 0.842. The van der Waals surface area contributed by atoms with Crippen LogP contribution >= 0.6 is 11.3 Å². The van der Waals surface area contributed by atoms with Gasteiger partial charge in [0.15, 0.2) is 0 Å². The molecule has 23 heavy (non-hydrogen) atoms. The molecule has 5 nitrogen and oxygen atoms in total. The molecule has 2 aliphatic rings. The minimum Gasteiger partial charge on any atom is -0.379 e. The summed E-state index contributed by atoms with van der Waals surface area (Å²) in [6.45, 7) is 7.69. The monoisotopic (exact) mass is 333 g/mol. The molecule has 0 aromatic carbocycles. The number of fused-ring (bicyclic) bond motifs is 3. The Morgan fingerprint density at radius 2 is 2.17 bits per heavy atom. The van der Waals surface area contributed by atoms with Crippen LogP contribution in [0.2, 0.25) is 0 Å². The van der Waals surface area contributed by atoms with E-state index in [2.05, 4.69) is 23.7 Å². The lowest BCUT2D eigenvalue weighted by Crippen LogP contribution is -2.39. The molecule has 2 unspecified atom stereocenters. The van der Waals surface area contributed by atoms with Gasteiger partial charge in [-0.2, -0.15) is 0 Å². The van der Waals surface area contributed by atoms with Gasteiger partial charge in [0, 0.05) is 18.0 Å². The summed E-state index contributed by atoms with van der Waals surface area (Å²) < 4.78 is 5.41. The van der Waals surface area contributed by atoms with Gasteiger partial charge in [-0.25, -0.2) is 4.98 Å². The Bertz CT molecular complexity index is 776. The number of ether oxygens (including phenoxy) is 1. The van der Waals surface area contributed by atoms with E-state index in [0.717, 1.165) is 55.2 Å². The summed E-state index contributed by atoms with van der Waals surface area (Å²) in [5.74, 6) is 1.50. The van der Waals surface area contributed by atoms with Gasteiger partial charge in [-0.1, -0.05) is 6.92 Å². The van der Waals surface area contributed by atoms with Crippen molar-refractivity contribution < 1.29 is 4.74 Å². The fourth-order valence-corrected chi connectivity index (χ4v) is 5.09. The van der Waals surface area contributed by atoms with Crippen molar-refractivity contribution >= 4 is 21.6 Å². The zero-order chi connectivity index (χ0) is 16.0. The van der Waals surface area contributed by atoms with Crippen molar-refractivity contribution in [3.05, 3.63) is 26.6 Å². The van der Waals surface area contributed by atoms with Crippen LogP contribution in [-0.2, 0) is 17.6 Å². The molecule has 0 bridgehead atoms. The SMILES string of the molecule is CC1CCc2c(sc3nc(C(C)N4CCOCC4)[nH]c(=O)c23)C1. The van der Waals surface area contributed by atoms with E-state index in [1.165, 1.54) is 16.9 Å². The number of aromatic amines is 1. The Balaban J connectivity index is 1.74. The van der Waals surface area contributed by atoms with Crippen LogP contribution in [0.3, 0.4) is 0 Å². The van der Waals surface area contributed by atoms with E-state index in [1.54, 1.807) is 11.3 Å². The molecular formula is C17H23N3O2S. The standard InChI is InChI=1S/C17H23N3O2S/c1-10-3-4-12-13(9-10)23-17-14(12)16(21)18-15(19-17)11(2)20-5-7-22-8-6-20/h10-11H,3-9H2,1-2H3,(H,18,19,21). The van der Waals surface area contributed by atoms with Gasteiger partial charge in [0.1, 0.15) is 10.7 Å². The highest BCUT2D eigenvalue weighted by Gasteiger charge is 2.25. The Kier molecular flexibility index (Phi) is 3.99. The molecule has 0 spiro atoms. The quantitative estimate of drug-likeness (QED) is 0.917. The Labute approximate surface area is 139 Å². The van der Waals surface area contributed by atoms with Crippen LogP contribution in [0.25, 0.3) is 10.2 Å². The van der Waals surface area contributed by atoms with Crippen molar-refractivity contribution in [1.82, 2.24) is 14.9 Å². The van der Waals surface area contributed by atoms with E-state index < -0.39 is 0 Å². The van der Waals surface area contributed by atoms with Gasteiger partial charge in [0.05, 0.1) is 24.6 Å². The highest BCUT2D eigenvalue weighted by molar-refractivity contribution is 7.18. The number of hydrogen-bond donors (Lipinski definition) is 1. The molecule has 1 aliphatic carbocycles. The van der Waals surface area contributed by atoms with Crippen molar-refractivity contribution in [2.75, 3.05) is 26.3 Å². The minimum atomic E-state index is 0.0390. The lowest BCUT2D eigenvalue weighted by Gasteiger charge is -2.31. The summed E-state index contributed by atoms with van der Waals surface area (Å²) in [4.78, 5) is 25.2. The van der Waals surface area contributed by atoms with Crippen molar-refractivity contribution in [3.63, 3.8) is 0 Å². The summed E-state index contributed by atoms with van der Waals surface area (Å²) in [6.07, 6.45) is 3.27. The highest BCUT2D eigenvalue weighted by Crippen LogP contribution is 2.36. The van der Waals surface area contributed by atoms with Crippen LogP contribution < -0.4 is 5.56 Å². The minimum absolute atomic E-state index is 0.0390. The summed E-state index contributed by atoms with van der Waals surface area (Å²) in [6, 6.07) is 0.119. The fraction of sp³-hybridized carbons (Fsp3) is 0.647. The van der Waals surface area contributed by atoms with Crippen molar-refractivity contribution in [2.45, 2.75) is 39.2 Å². The van der Waals surface area contributed by atoms with Gasteiger partial charge in [0.25, 0.3) is 5.56 Å². The number of H-pyrrole nitrogens is 1. The number of nitrogens with one attached hydrogen (secondary N) is 1. The Morgan fingerprint density at radius 3 is 2.96 bits per heavy atom. The molecule has 0 saturated carbocycles. The maximum Gasteiger partial charge on any atom is 0.259 e. The molecule has 0 amide bonds. The van der Waals surface area contributed by atoms with Gasteiger partial charge in [-0.05, 0) is 37.7 Å². The van der Waals surface area contributed by atoms with E-state index in [4.69, 9.17) is 9.72 Å². The number of aryl methyl sites for hydroxylation is 1. The molecule has 0 radical (unpaired) electrons. The van der Waals surface area contributed by atoms with E-state index in [1.807, 2.05) is 0 Å². The number of aromatic nitrogens is 2. The van der Waals surface area contributed by atoms with E-state index in [9.17, 15) is 4.79 Å². The van der Waals surface area contributed by atoms with Crippen LogP contribution in [-0.4, -0.2) is 41.2 Å². The first-order chi connectivity index (χ1) is 11.1. The van der Waals surface area contributed by atoms with Crippen LogP contribution in [0, 0.1) is 5.92 Å². The van der Waals surface area contributed by atoms with E-state index in [-0.39, 0.29) is 11.6 Å². The zero-order valence-electron chi connectivity index (χ0n) is 13.7. The Hall–Kier alpha value is -1.24. The maximum atomic E-state index is 12.7. The molecule has 2 aromatic heterocycles. The van der Waals surface area contributed by atoms with E-state index in [0.29, 0.717) is 5.92 Å². The third-order valence-corrected chi connectivity index (χ3v) is 6.32. The predicted molar refractivity (Wildman–Crippen MR) is 92.2 cm³/mol. The molecule has 1 N–H and O–H groups in total. The van der Waals surface area contributed by atoms with Crippen LogP contribution in [0.5, 0.6) is 0 Å². The molecule has 124 valence electrons. The average molecular weight is 333 g/mol. The van der Waals surface area contributed by atoms with Crippen molar-refractivity contribution in [3.8, 4) is 0 Å². The van der Waals surface area contributed by atoms with Crippen molar-refractivity contribution in [2.24, 2.45) is 5.92 Å². The third kappa shape index (κ3) is 2.73. The van der Waals surface area contributed by atoms with Gasteiger partial charge in [0.2, 0.25) is 0 Å². The second-order valence-electron chi connectivity index (χ2n) is 6.81. The predicted octanol–water partition coefficient (Wildman–Crippen LogP) is 2.50. The first-order valence-electron chi connectivity index (χ1n) is 8.49. The second-order valence-corrected chi connectivity index (χ2v) is 7.89. The van der Waals surface area contributed by atoms with Crippen molar-refractivity contribution in [1.29, 1.82) is 0 Å². The third-order valence-electron chi connectivity index (χ3n) is 5.17. The number of morpholine rings is 1. The molecule has 2 aromatic rings. The molecule has 3 heterocycles. The second kappa shape index (κ2) is 6.00. The first-order valence-corrected chi connectivity index (χ1v) is 9.31. The topological polar surface area (TPSA) is 58.2 Å². The summed E-state index contributed by atoms with van der Waals surface area (Å²) in [7, 11) is 0. The zero-order valence-corrected chi connectivity index (χ0v) is 14.5. The lowest BCUT2D eigenvalue weighted by molar-refractivity contribution is 0.0182. The van der Waals surface area contributed by atoms with Crippen LogP contribution in [0.15, 0.2) is 4.79 Å². The smallest absolute Gasteiger partial charge is 0.259 e. The van der Waals surface area contributed by atoms with Crippen LogP contribution in [0.4, 0.5) is 0 Å². The summed E-state index contributed by atoms with van der Waals surface area (Å²) in [5.41, 5.74) is 1.29. The lowest BCUT2D eigenvalue weighted by atomic mass is 9.89. The number of hydrogen-bond acceptors (Lipinski definition) is 5. The molecular weight excluding hydrogens is 310 g/mol. The molecule has 1 aliphatic heterocycles. The maximum absolute atomic E-state index is 12.7. The Morgan fingerprint density at radius 1 is 1.39 bits per heavy atom. The molecule has 1 saturated heterocycles. The number of rotatable bonds is 2. The van der Waals surface area contributed by atoms with Gasteiger partial charge in [-0.15, -0.1) is 11.3 Å². The largest absolute Gasteiger partial charge is 0.379 e. The normalized spacial score (nSPS) is 23.8. The molecule has 1 fully saturated rings. The van der Waals surface area contributed by atoms with E-state index >= 15 is 0 Å². The van der Waals surface area contributed by atoms with Gasteiger partial charge in [-0.3, -0.25) is 9.69 Å². The molecule has 4 rings (SSSR count).